The van der Waals surface area contributed by atoms with Gasteiger partial charge in [0.25, 0.3) is 5.91 Å². The topological polar surface area (TPSA) is 77.2 Å². The molecule has 0 bridgehead atoms. The number of nitrogens with one attached hydrogen (secondary N) is 1. The number of hydrogen-bond acceptors (Lipinski definition) is 5. The van der Waals surface area contributed by atoms with Crippen molar-refractivity contribution in [3.63, 3.8) is 0 Å². The average molecular weight is 435 g/mol. The summed E-state index contributed by atoms with van der Waals surface area (Å²) in [5, 5.41) is 2.00. The van der Waals surface area contributed by atoms with Gasteiger partial charge in [0, 0.05) is 16.8 Å². The number of nitrogens with two attached hydrogens (primary N) is 1. The van der Waals surface area contributed by atoms with Crippen LogP contribution >= 0.6 is 11.3 Å². The molecule has 154 valence electrons. The highest BCUT2D eigenvalue weighted by Crippen LogP contribution is 2.42. The van der Waals surface area contributed by atoms with E-state index in [1.807, 2.05) is 0 Å². The molecule has 5 nitrogen and oxygen atoms in total. The van der Waals surface area contributed by atoms with Crippen molar-refractivity contribution >= 4 is 38.8 Å². The molecule has 0 atom stereocenters. The molecule has 0 radical (unpaired) electrons. The molecule has 0 fully saturated rings. The van der Waals surface area contributed by atoms with Gasteiger partial charge < -0.3 is 15.8 Å². The molecule has 3 N–H and O–H groups in total. The Kier molecular flexibility index (Phi) is 5.07. The van der Waals surface area contributed by atoms with Gasteiger partial charge in [-0.1, -0.05) is 0 Å². The Labute approximate surface area is 163 Å². The van der Waals surface area contributed by atoms with Crippen LogP contribution in [0.25, 0.3) is 10.2 Å². The average Bonchev–Trinajstić information content (AvgIpc) is 2.90. The van der Waals surface area contributed by atoms with E-state index in [0.29, 0.717) is 11.3 Å². The van der Waals surface area contributed by atoms with Crippen molar-refractivity contribution in [3.05, 3.63) is 46.5 Å². The molecule has 29 heavy (non-hydrogen) atoms. The Hall–Kier alpha value is -3.02. The molecule has 0 aliphatic rings. The second kappa shape index (κ2) is 7.10. The number of nitrogens with zero attached hydrogens (tertiary/aromatic N) is 1. The number of hydrogen-bond donors (Lipinski definition) is 2. The molecule has 0 aliphatic carbocycles. The summed E-state index contributed by atoms with van der Waals surface area (Å²) in [6, 6.07) is 5.08. The Balaban J connectivity index is 1.91. The van der Waals surface area contributed by atoms with Gasteiger partial charge in [-0.05, 0) is 37.3 Å². The summed E-state index contributed by atoms with van der Waals surface area (Å²) >= 11 is 0.685. The van der Waals surface area contributed by atoms with E-state index in [2.05, 4.69) is 15.0 Å². The number of aromatic nitrogens is 1. The number of ether oxygens (including phenoxy) is 1. The fraction of sp³-hybridized carbons (Fsp3) is 0.176. The second-order valence-electron chi connectivity index (χ2n) is 5.86. The molecule has 0 saturated carbocycles. The number of pyridine rings is 1. The number of amides is 1. The van der Waals surface area contributed by atoms with Crippen LogP contribution in [0, 0.1) is 6.92 Å². The lowest BCUT2D eigenvalue weighted by atomic mass is 10.1. The van der Waals surface area contributed by atoms with E-state index in [0.717, 1.165) is 30.3 Å². The number of alkyl halides is 6. The second-order valence-corrected chi connectivity index (χ2v) is 6.86. The van der Waals surface area contributed by atoms with Gasteiger partial charge in [0.1, 0.15) is 15.5 Å². The molecule has 1 amide bonds. The third-order valence-electron chi connectivity index (χ3n) is 3.68. The van der Waals surface area contributed by atoms with Gasteiger partial charge in [0.15, 0.2) is 0 Å². The molecule has 2 aromatic heterocycles. The fourth-order valence-corrected chi connectivity index (χ4v) is 3.62. The Morgan fingerprint density at radius 1 is 1.14 bits per heavy atom. The maximum atomic E-state index is 13.3. The van der Waals surface area contributed by atoms with Crippen molar-refractivity contribution < 1.29 is 35.9 Å². The lowest BCUT2D eigenvalue weighted by Crippen LogP contribution is -2.17. The number of fused-ring (bicyclic) bond motifs is 1. The maximum absolute atomic E-state index is 13.3. The largest absolute Gasteiger partial charge is 0.573 e. The van der Waals surface area contributed by atoms with E-state index in [4.69, 9.17) is 5.73 Å². The van der Waals surface area contributed by atoms with Gasteiger partial charge in [0.05, 0.1) is 11.3 Å². The normalized spacial score (nSPS) is 12.2. The number of thiophene rings is 1. The molecule has 12 heteroatoms. The zero-order valence-electron chi connectivity index (χ0n) is 14.4. The van der Waals surface area contributed by atoms with Crippen LogP contribution in [0.3, 0.4) is 0 Å². The van der Waals surface area contributed by atoms with Gasteiger partial charge in [0.2, 0.25) is 0 Å². The van der Waals surface area contributed by atoms with Crippen molar-refractivity contribution in [2.75, 3.05) is 11.1 Å². The van der Waals surface area contributed by atoms with Gasteiger partial charge >= 0.3 is 12.5 Å². The summed E-state index contributed by atoms with van der Waals surface area (Å²) in [6.45, 7) is 1.38. The summed E-state index contributed by atoms with van der Waals surface area (Å²) in [5.41, 5.74) is 4.63. The van der Waals surface area contributed by atoms with Crippen molar-refractivity contribution in [3.8, 4) is 5.75 Å². The number of anilines is 2. The molecule has 2 heterocycles. The first kappa shape index (κ1) is 20.7. The monoisotopic (exact) mass is 435 g/mol. The van der Waals surface area contributed by atoms with Gasteiger partial charge in [-0.3, -0.25) is 4.79 Å². The molecule has 0 spiro atoms. The van der Waals surface area contributed by atoms with E-state index < -0.39 is 29.8 Å². The van der Waals surface area contributed by atoms with Crippen LogP contribution in [0.4, 0.5) is 37.7 Å². The van der Waals surface area contributed by atoms with E-state index in [9.17, 15) is 31.1 Å². The van der Waals surface area contributed by atoms with Crippen molar-refractivity contribution in [1.82, 2.24) is 4.98 Å². The molecule has 1 aromatic carbocycles. The number of nitrogen functional groups attached to an aromatic ring is 1. The van der Waals surface area contributed by atoms with Crippen LogP contribution in [0.5, 0.6) is 5.75 Å². The maximum Gasteiger partial charge on any atom is 0.573 e. The van der Waals surface area contributed by atoms with Crippen LogP contribution in [0.1, 0.15) is 20.9 Å². The molecule has 3 rings (SSSR count). The molecule has 0 aliphatic heterocycles. The van der Waals surface area contributed by atoms with E-state index in [1.54, 1.807) is 0 Å². The van der Waals surface area contributed by atoms with Gasteiger partial charge in [-0.15, -0.1) is 24.5 Å². The van der Waals surface area contributed by atoms with Crippen LogP contribution in [-0.2, 0) is 6.18 Å². The summed E-state index contributed by atoms with van der Waals surface area (Å²) < 4.78 is 80.2. The van der Waals surface area contributed by atoms with Crippen LogP contribution < -0.4 is 15.8 Å². The highest BCUT2D eigenvalue weighted by Gasteiger charge is 2.36. The highest BCUT2D eigenvalue weighted by molar-refractivity contribution is 7.21. The molecule has 0 saturated heterocycles. The number of carbonyl (C=O) groups is 1. The smallest absolute Gasteiger partial charge is 0.406 e. The predicted molar refractivity (Wildman–Crippen MR) is 94.8 cm³/mol. The van der Waals surface area contributed by atoms with Gasteiger partial charge in [-0.25, -0.2) is 4.98 Å². The number of benzene rings is 1. The Bertz CT molecular complexity index is 1070. The number of carbonyl (C=O) groups excluding carboxylic acids is 1. The zero-order valence-corrected chi connectivity index (χ0v) is 15.2. The van der Waals surface area contributed by atoms with Crippen molar-refractivity contribution in [2.24, 2.45) is 0 Å². The van der Waals surface area contributed by atoms with Crippen molar-refractivity contribution in [1.29, 1.82) is 0 Å². The minimum Gasteiger partial charge on any atom is -0.406 e. The van der Waals surface area contributed by atoms with Crippen LogP contribution in [0.2, 0.25) is 0 Å². The molecule has 0 unspecified atom stereocenters. The molecule has 3 aromatic rings. The minimum atomic E-state index is -4.86. The summed E-state index contributed by atoms with van der Waals surface area (Å²) in [7, 11) is 0. The quantitative estimate of drug-likeness (QED) is 0.544. The lowest BCUT2D eigenvalue weighted by molar-refractivity contribution is -0.274. The third-order valence-corrected chi connectivity index (χ3v) is 4.78. The minimum absolute atomic E-state index is 0.0473. The number of rotatable bonds is 3. The number of aryl methyl sites for hydroxylation is 1. The van der Waals surface area contributed by atoms with Crippen LogP contribution in [-0.4, -0.2) is 17.3 Å². The van der Waals surface area contributed by atoms with E-state index in [-0.39, 0.29) is 32.2 Å². The lowest BCUT2D eigenvalue weighted by Gasteiger charge is -2.10. The van der Waals surface area contributed by atoms with Crippen molar-refractivity contribution in [2.45, 2.75) is 19.5 Å². The summed E-state index contributed by atoms with van der Waals surface area (Å²) in [4.78, 5) is 16.2. The SMILES string of the molecule is Cc1cc(C(F)(F)F)c2c(N)c(C(=O)Nc3ccc(OC(F)(F)F)cc3)sc2n1. The van der Waals surface area contributed by atoms with Crippen LogP contribution in [0.15, 0.2) is 30.3 Å². The summed E-state index contributed by atoms with van der Waals surface area (Å²) in [5.74, 6) is -1.31. The zero-order chi connectivity index (χ0) is 21.6. The first-order valence-corrected chi connectivity index (χ1v) is 8.61. The molecular formula is C17H11F6N3O2S. The van der Waals surface area contributed by atoms with E-state index in [1.165, 1.54) is 6.92 Å². The highest BCUT2D eigenvalue weighted by atomic mass is 32.1. The predicted octanol–water partition coefficient (Wildman–Crippen LogP) is 5.36. The standard InChI is InChI=1S/C17H11F6N3O2S/c1-7-6-10(16(18,19)20)11-12(24)13(29-15(11)25-7)14(27)26-8-2-4-9(5-3-8)28-17(21,22)23/h2-6H,24H2,1H3,(H,26,27). The third kappa shape index (κ3) is 4.53. The van der Waals surface area contributed by atoms with Gasteiger partial charge in [-0.2, -0.15) is 13.2 Å². The Morgan fingerprint density at radius 2 is 1.76 bits per heavy atom. The summed E-state index contributed by atoms with van der Waals surface area (Å²) in [6.07, 6.45) is -9.55. The Morgan fingerprint density at radius 3 is 2.31 bits per heavy atom. The molecular weight excluding hydrogens is 424 g/mol. The first-order chi connectivity index (χ1) is 13.3. The first-order valence-electron chi connectivity index (χ1n) is 7.79. The van der Waals surface area contributed by atoms with E-state index >= 15 is 0 Å². The number of halogens is 6. The fourth-order valence-electron chi connectivity index (χ4n) is 2.56.